The first-order valence-corrected chi connectivity index (χ1v) is 10.1. The van der Waals surface area contributed by atoms with Crippen LogP contribution >= 0.6 is 11.3 Å². The van der Waals surface area contributed by atoms with Crippen LogP contribution in [-0.4, -0.2) is 58.6 Å². The zero-order chi connectivity index (χ0) is 16.6. The second kappa shape index (κ2) is 6.73. The Morgan fingerprint density at radius 3 is 2.67 bits per heavy atom. The van der Waals surface area contributed by atoms with Gasteiger partial charge < -0.3 is 10.0 Å². The van der Waals surface area contributed by atoms with Crippen LogP contribution in [0.1, 0.15) is 37.1 Å². The van der Waals surface area contributed by atoms with Gasteiger partial charge in [0.15, 0.2) is 0 Å². The highest BCUT2D eigenvalue weighted by Crippen LogP contribution is 2.46. The monoisotopic (exact) mass is 349 g/mol. The van der Waals surface area contributed by atoms with E-state index in [0.717, 1.165) is 64.8 Å². The summed E-state index contributed by atoms with van der Waals surface area (Å²) in [5.74, 6) is 0.874. The highest BCUT2D eigenvalue weighted by atomic mass is 32.1. The summed E-state index contributed by atoms with van der Waals surface area (Å²) in [4.78, 5) is 21.3. The standard InChI is InChI=1S/C18H27N3O2S/c22-13-15-11-21(17(23)14-1-2-14)9-5-18(15)3-7-20(8-4-18)12-16-19-6-10-24-16/h6,10,14-15,22H,1-5,7-9,11-13H2. The van der Waals surface area contributed by atoms with E-state index in [1.807, 2.05) is 16.5 Å². The largest absolute Gasteiger partial charge is 0.396 e. The third kappa shape index (κ3) is 3.24. The Hall–Kier alpha value is -0.980. The number of likely N-dealkylation sites (tertiary alicyclic amines) is 2. The number of aromatic nitrogens is 1. The molecule has 4 rings (SSSR count). The van der Waals surface area contributed by atoms with Crippen molar-refractivity contribution < 1.29 is 9.90 Å². The van der Waals surface area contributed by atoms with Crippen LogP contribution in [0, 0.1) is 17.3 Å². The molecule has 3 fully saturated rings. The molecule has 3 aliphatic rings. The maximum atomic E-state index is 12.4. The molecule has 1 saturated carbocycles. The summed E-state index contributed by atoms with van der Waals surface area (Å²) in [6.07, 6.45) is 7.33. The van der Waals surface area contributed by atoms with E-state index in [1.54, 1.807) is 11.3 Å². The summed E-state index contributed by atoms with van der Waals surface area (Å²) in [6.45, 7) is 4.96. The molecule has 5 nitrogen and oxygen atoms in total. The molecule has 3 heterocycles. The van der Waals surface area contributed by atoms with Crippen molar-refractivity contribution in [3.63, 3.8) is 0 Å². The summed E-state index contributed by atoms with van der Waals surface area (Å²) in [5, 5.41) is 13.2. The predicted octanol–water partition coefficient (Wildman–Crippen LogP) is 1.98. The molecule has 1 N–H and O–H groups in total. The average Bonchev–Trinajstić information content (AvgIpc) is 3.34. The van der Waals surface area contributed by atoms with Crippen LogP contribution in [0.2, 0.25) is 0 Å². The fourth-order valence-corrected chi connectivity index (χ4v) is 5.15. The van der Waals surface area contributed by atoms with E-state index in [4.69, 9.17) is 0 Å². The Bertz CT molecular complexity index is 565. The quantitative estimate of drug-likeness (QED) is 0.903. The molecule has 0 radical (unpaired) electrons. The van der Waals surface area contributed by atoms with Crippen molar-refractivity contribution in [3.05, 3.63) is 16.6 Å². The molecular weight excluding hydrogens is 322 g/mol. The minimum atomic E-state index is 0.209. The lowest BCUT2D eigenvalue weighted by atomic mass is 9.64. The zero-order valence-electron chi connectivity index (χ0n) is 14.2. The van der Waals surface area contributed by atoms with Crippen LogP contribution in [0.15, 0.2) is 11.6 Å². The van der Waals surface area contributed by atoms with E-state index >= 15 is 0 Å². The third-order valence-electron chi connectivity index (χ3n) is 6.34. The van der Waals surface area contributed by atoms with Gasteiger partial charge in [-0.3, -0.25) is 9.69 Å². The van der Waals surface area contributed by atoms with Gasteiger partial charge in [0.25, 0.3) is 0 Å². The van der Waals surface area contributed by atoms with Crippen molar-refractivity contribution in [2.24, 2.45) is 17.3 Å². The normalized spacial score (nSPS) is 27.5. The maximum absolute atomic E-state index is 12.4. The number of aliphatic hydroxyl groups excluding tert-OH is 1. The zero-order valence-corrected chi connectivity index (χ0v) is 15.0. The molecule has 1 aromatic rings. The summed E-state index contributed by atoms with van der Waals surface area (Å²) in [7, 11) is 0. The molecule has 1 unspecified atom stereocenters. The van der Waals surface area contributed by atoms with Gasteiger partial charge in [0.1, 0.15) is 5.01 Å². The summed E-state index contributed by atoms with van der Waals surface area (Å²) in [6, 6.07) is 0. The van der Waals surface area contributed by atoms with Crippen molar-refractivity contribution in [2.45, 2.75) is 38.6 Å². The minimum absolute atomic E-state index is 0.209. The van der Waals surface area contributed by atoms with Gasteiger partial charge in [0, 0.05) is 43.1 Å². The van der Waals surface area contributed by atoms with E-state index in [0.29, 0.717) is 11.8 Å². The van der Waals surface area contributed by atoms with Gasteiger partial charge in [-0.2, -0.15) is 0 Å². The Kier molecular flexibility index (Phi) is 4.62. The highest BCUT2D eigenvalue weighted by molar-refractivity contribution is 7.09. The number of rotatable bonds is 4. The number of aliphatic hydroxyl groups is 1. The number of thiazole rings is 1. The number of carbonyl (C=O) groups is 1. The van der Waals surface area contributed by atoms with E-state index < -0.39 is 0 Å². The van der Waals surface area contributed by atoms with E-state index in [9.17, 15) is 9.90 Å². The molecule has 0 bridgehead atoms. The van der Waals surface area contributed by atoms with Crippen LogP contribution in [0.5, 0.6) is 0 Å². The molecule has 1 spiro atoms. The Labute approximate surface area is 147 Å². The molecule has 2 aliphatic heterocycles. The molecule has 1 aromatic heterocycles. The van der Waals surface area contributed by atoms with Crippen LogP contribution in [0.25, 0.3) is 0 Å². The molecule has 1 amide bonds. The first-order valence-electron chi connectivity index (χ1n) is 9.20. The van der Waals surface area contributed by atoms with Gasteiger partial charge in [-0.05, 0) is 50.6 Å². The lowest BCUT2D eigenvalue weighted by molar-refractivity contribution is -0.139. The molecular formula is C18H27N3O2S. The number of piperidine rings is 2. The second-order valence-electron chi connectivity index (χ2n) is 7.75. The third-order valence-corrected chi connectivity index (χ3v) is 7.10. The Morgan fingerprint density at radius 1 is 1.29 bits per heavy atom. The second-order valence-corrected chi connectivity index (χ2v) is 8.73. The first-order chi connectivity index (χ1) is 11.7. The van der Waals surface area contributed by atoms with Crippen molar-refractivity contribution in [3.8, 4) is 0 Å². The summed E-state index contributed by atoms with van der Waals surface area (Å²) in [5.41, 5.74) is 0.231. The lowest BCUT2D eigenvalue weighted by Crippen LogP contribution is -2.54. The SMILES string of the molecule is O=C(C1CC1)N1CCC2(CCN(Cc3nccs3)CC2)C(CO)C1. The smallest absolute Gasteiger partial charge is 0.225 e. The molecule has 1 aliphatic carbocycles. The van der Waals surface area contributed by atoms with Crippen LogP contribution in [0.3, 0.4) is 0 Å². The predicted molar refractivity (Wildman–Crippen MR) is 93.6 cm³/mol. The number of hydrogen-bond acceptors (Lipinski definition) is 5. The van der Waals surface area contributed by atoms with Crippen molar-refractivity contribution in [1.29, 1.82) is 0 Å². The highest BCUT2D eigenvalue weighted by Gasteiger charge is 2.46. The number of nitrogens with zero attached hydrogens (tertiary/aromatic N) is 3. The molecule has 0 aromatic carbocycles. The van der Waals surface area contributed by atoms with Crippen molar-refractivity contribution in [2.75, 3.05) is 32.8 Å². The van der Waals surface area contributed by atoms with E-state index in [1.165, 1.54) is 5.01 Å². The van der Waals surface area contributed by atoms with Gasteiger partial charge >= 0.3 is 0 Å². The van der Waals surface area contributed by atoms with Gasteiger partial charge in [0.2, 0.25) is 5.91 Å². The van der Waals surface area contributed by atoms with Gasteiger partial charge in [-0.15, -0.1) is 11.3 Å². The number of carbonyl (C=O) groups excluding carboxylic acids is 1. The fourth-order valence-electron chi connectivity index (χ4n) is 4.49. The molecule has 1 atom stereocenters. The van der Waals surface area contributed by atoms with Crippen molar-refractivity contribution in [1.82, 2.24) is 14.8 Å². The fraction of sp³-hybridized carbons (Fsp3) is 0.778. The molecule has 6 heteroatoms. The average molecular weight is 350 g/mol. The molecule has 24 heavy (non-hydrogen) atoms. The number of amides is 1. The topological polar surface area (TPSA) is 56.7 Å². The summed E-state index contributed by atoms with van der Waals surface area (Å²) < 4.78 is 0. The Morgan fingerprint density at radius 2 is 2.04 bits per heavy atom. The van der Waals surface area contributed by atoms with Crippen LogP contribution in [-0.2, 0) is 11.3 Å². The van der Waals surface area contributed by atoms with Gasteiger partial charge in [-0.25, -0.2) is 4.98 Å². The van der Waals surface area contributed by atoms with Crippen LogP contribution in [0.4, 0.5) is 0 Å². The van der Waals surface area contributed by atoms with Crippen LogP contribution < -0.4 is 0 Å². The Balaban J connectivity index is 1.36. The number of hydrogen-bond donors (Lipinski definition) is 1. The maximum Gasteiger partial charge on any atom is 0.225 e. The van der Waals surface area contributed by atoms with Gasteiger partial charge in [0.05, 0.1) is 6.54 Å². The molecule has 132 valence electrons. The first kappa shape index (κ1) is 16.5. The van der Waals surface area contributed by atoms with Gasteiger partial charge in [-0.1, -0.05) is 0 Å². The van der Waals surface area contributed by atoms with E-state index in [2.05, 4.69) is 9.88 Å². The minimum Gasteiger partial charge on any atom is -0.396 e. The van der Waals surface area contributed by atoms with E-state index in [-0.39, 0.29) is 17.9 Å². The molecule has 2 saturated heterocycles. The summed E-state index contributed by atoms with van der Waals surface area (Å²) >= 11 is 1.72. The lowest BCUT2D eigenvalue weighted by Gasteiger charge is -2.51. The van der Waals surface area contributed by atoms with Crippen molar-refractivity contribution >= 4 is 17.2 Å².